The van der Waals surface area contributed by atoms with Crippen molar-refractivity contribution in [2.75, 3.05) is 43.0 Å². The zero-order chi connectivity index (χ0) is 22.9. The van der Waals surface area contributed by atoms with Gasteiger partial charge in [-0.1, -0.05) is 12.1 Å². The molecule has 0 aromatic heterocycles. The van der Waals surface area contributed by atoms with Gasteiger partial charge in [-0.25, -0.2) is 9.53 Å². The van der Waals surface area contributed by atoms with Crippen LogP contribution in [0.4, 0.5) is 33.7 Å². The summed E-state index contributed by atoms with van der Waals surface area (Å²) >= 11 is 0. The van der Waals surface area contributed by atoms with E-state index in [1.807, 2.05) is 31.2 Å². The minimum absolute atomic E-state index is 0.00922. The van der Waals surface area contributed by atoms with Crippen molar-refractivity contribution in [1.29, 1.82) is 0 Å². The summed E-state index contributed by atoms with van der Waals surface area (Å²) in [6, 6.07) is 10.1. The third-order valence-corrected chi connectivity index (χ3v) is 5.09. The number of carbonyl (C=O) groups is 1. The first-order chi connectivity index (χ1) is 15.2. The van der Waals surface area contributed by atoms with Gasteiger partial charge in [0.1, 0.15) is 11.5 Å². The minimum atomic E-state index is -4.44. The number of hydrogen-bond acceptors (Lipinski definition) is 5. The fraction of sp³-hybridized carbons (Fsp3) is 0.381. The van der Waals surface area contributed by atoms with Crippen LogP contribution in [0.15, 0.2) is 42.5 Å². The molecule has 1 saturated heterocycles. The van der Waals surface area contributed by atoms with Crippen LogP contribution in [0.3, 0.4) is 0 Å². The van der Waals surface area contributed by atoms with Gasteiger partial charge >= 0.3 is 18.4 Å². The average molecular weight is 455 g/mol. The molecular weight excluding hydrogens is 434 g/mol. The maximum Gasteiger partial charge on any atom is 0.540 e. The summed E-state index contributed by atoms with van der Waals surface area (Å²) in [5, 5.41) is 2.52. The van der Waals surface area contributed by atoms with Crippen molar-refractivity contribution in [3.63, 3.8) is 0 Å². The first-order valence-electron chi connectivity index (χ1n) is 10.0. The number of hydrogen-bond donors (Lipinski definition) is 1. The van der Waals surface area contributed by atoms with Crippen molar-refractivity contribution in [2.45, 2.75) is 19.3 Å². The van der Waals surface area contributed by atoms with Gasteiger partial charge in [0.25, 0.3) is 0 Å². The Balaban J connectivity index is 1.40. The van der Waals surface area contributed by atoms with Gasteiger partial charge in [-0.05, 0) is 37.3 Å². The van der Waals surface area contributed by atoms with Crippen molar-refractivity contribution < 1.29 is 36.6 Å². The number of urea groups is 1. The van der Waals surface area contributed by atoms with Gasteiger partial charge in [0, 0.05) is 31.9 Å². The molecule has 0 unspecified atom stereocenters. The molecule has 2 heterocycles. The van der Waals surface area contributed by atoms with E-state index in [2.05, 4.69) is 19.7 Å². The van der Waals surface area contributed by atoms with E-state index in [4.69, 9.17) is 4.74 Å². The topological polar surface area (TPSA) is 63.3 Å². The van der Waals surface area contributed by atoms with E-state index >= 15 is 0 Å². The summed E-state index contributed by atoms with van der Waals surface area (Å²) in [4.78, 5) is 16.3. The molecular formula is C21H21F4N3O4. The fourth-order valence-corrected chi connectivity index (χ4v) is 3.63. The van der Waals surface area contributed by atoms with Crippen LogP contribution in [-0.2, 0) is 10.8 Å². The number of piperazine rings is 1. The van der Waals surface area contributed by atoms with Gasteiger partial charge in [-0.3, -0.25) is 0 Å². The number of ether oxygens (including phenoxy) is 3. The monoisotopic (exact) mass is 455 g/mol. The van der Waals surface area contributed by atoms with E-state index in [1.54, 1.807) is 4.90 Å². The van der Waals surface area contributed by atoms with Gasteiger partial charge in [0.2, 0.25) is 0 Å². The van der Waals surface area contributed by atoms with Crippen molar-refractivity contribution in [3.8, 4) is 11.5 Å². The first-order valence-corrected chi connectivity index (χ1v) is 10.0. The molecule has 0 saturated carbocycles. The maximum absolute atomic E-state index is 13.9. The quantitative estimate of drug-likeness (QED) is 0.691. The lowest BCUT2D eigenvalue weighted by atomic mass is 10.1. The van der Waals surface area contributed by atoms with Gasteiger partial charge in [-0.15, -0.1) is 8.78 Å². The highest BCUT2D eigenvalue weighted by Gasteiger charge is 2.54. The second-order valence-corrected chi connectivity index (χ2v) is 7.20. The number of nitrogens with one attached hydrogen (secondary N) is 1. The molecule has 0 radical (unpaired) electrons. The molecule has 0 aliphatic carbocycles. The number of benzene rings is 2. The molecule has 2 aliphatic rings. The zero-order valence-electron chi connectivity index (χ0n) is 17.1. The summed E-state index contributed by atoms with van der Waals surface area (Å²) in [5.41, 5.74) is 0.0525. The SMILES string of the molecule is CCOc1ccccc1N1CCN(C(=O)Nc2ccc3c(c2)C(F)(F)OC(F)(F)O3)CC1. The number of carbonyl (C=O) groups excluding carboxylic acids is 1. The highest BCUT2D eigenvalue weighted by molar-refractivity contribution is 5.89. The van der Waals surface area contributed by atoms with Gasteiger partial charge in [-0.2, -0.15) is 8.78 Å². The Hall–Kier alpha value is -3.21. The Bertz CT molecular complexity index is 997. The predicted molar refractivity (Wildman–Crippen MR) is 107 cm³/mol. The summed E-state index contributed by atoms with van der Waals surface area (Å²) in [6.45, 7) is 4.33. The van der Waals surface area contributed by atoms with Crippen LogP contribution in [-0.4, -0.2) is 50.0 Å². The number of nitrogens with zero attached hydrogens (tertiary/aromatic N) is 2. The van der Waals surface area contributed by atoms with E-state index < -0.39 is 29.7 Å². The van der Waals surface area contributed by atoms with Crippen LogP contribution < -0.4 is 19.7 Å². The molecule has 0 spiro atoms. The highest BCUT2D eigenvalue weighted by Crippen LogP contribution is 2.46. The number of fused-ring (bicyclic) bond motifs is 1. The molecule has 1 fully saturated rings. The van der Waals surface area contributed by atoms with E-state index in [9.17, 15) is 22.4 Å². The van der Waals surface area contributed by atoms with Crippen molar-refractivity contribution in [3.05, 3.63) is 48.0 Å². The highest BCUT2D eigenvalue weighted by atomic mass is 19.3. The molecule has 11 heteroatoms. The molecule has 2 aromatic rings. The van der Waals surface area contributed by atoms with Crippen LogP contribution in [0.2, 0.25) is 0 Å². The number of amides is 2. The first kappa shape index (κ1) is 22.0. The van der Waals surface area contributed by atoms with E-state index in [1.165, 1.54) is 6.07 Å². The molecule has 0 bridgehead atoms. The molecule has 1 N–H and O–H groups in total. The Labute approximate surface area is 181 Å². The normalized spacial score (nSPS) is 19.0. The molecule has 7 nitrogen and oxygen atoms in total. The maximum atomic E-state index is 13.9. The van der Waals surface area contributed by atoms with Gasteiger partial charge in [0.05, 0.1) is 17.9 Å². The number of para-hydroxylation sites is 2. The molecule has 4 rings (SSSR count). The summed E-state index contributed by atoms with van der Waals surface area (Å²) < 4.78 is 67.4. The molecule has 2 amide bonds. The lowest BCUT2D eigenvalue weighted by Crippen LogP contribution is -2.50. The number of rotatable bonds is 4. The number of alkyl halides is 4. The van der Waals surface area contributed by atoms with E-state index in [0.717, 1.165) is 23.6 Å². The van der Waals surface area contributed by atoms with Crippen LogP contribution in [0.25, 0.3) is 0 Å². The van der Waals surface area contributed by atoms with Crippen molar-refractivity contribution in [2.24, 2.45) is 0 Å². The van der Waals surface area contributed by atoms with Gasteiger partial charge < -0.3 is 24.6 Å². The van der Waals surface area contributed by atoms with Crippen LogP contribution >= 0.6 is 0 Å². The Morgan fingerprint density at radius 2 is 1.81 bits per heavy atom. The molecule has 2 aliphatic heterocycles. The Morgan fingerprint density at radius 3 is 2.53 bits per heavy atom. The molecule has 172 valence electrons. The largest absolute Gasteiger partial charge is 0.540 e. The van der Waals surface area contributed by atoms with Crippen molar-refractivity contribution >= 4 is 17.4 Å². The predicted octanol–water partition coefficient (Wildman–Crippen LogP) is 4.45. The smallest absolute Gasteiger partial charge is 0.492 e. The molecule has 32 heavy (non-hydrogen) atoms. The standard InChI is InChI=1S/C21H21F4N3O4/c1-2-30-18-6-4-3-5-16(18)27-9-11-28(12-10-27)19(29)26-14-7-8-17-15(13-14)20(22,23)32-21(24,25)31-17/h3-8,13H,2,9-12H2,1H3,(H,26,29). The minimum Gasteiger partial charge on any atom is -0.492 e. The third-order valence-electron chi connectivity index (χ3n) is 5.09. The Morgan fingerprint density at radius 1 is 1.09 bits per heavy atom. The van der Waals surface area contributed by atoms with Crippen LogP contribution in [0.1, 0.15) is 12.5 Å². The molecule has 2 aromatic carbocycles. The second-order valence-electron chi connectivity index (χ2n) is 7.20. The lowest BCUT2D eigenvalue weighted by Gasteiger charge is -2.36. The Kier molecular flexibility index (Phi) is 5.76. The number of anilines is 2. The summed E-state index contributed by atoms with van der Waals surface area (Å²) in [6.07, 6.45) is -8.71. The van der Waals surface area contributed by atoms with Crippen molar-refractivity contribution in [1.82, 2.24) is 4.90 Å². The van der Waals surface area contributed by atoms with E-state index in [0.29, 0.717) is 32.8 Å². The second kappa shape index (κ2) is 8.38. The third kappa shape index (κ3) is 4.52. The fourth-order valence-electron chi connectivity index (χ4n) is 3.63. The average Bonchev–Trinajstić information content (AvgIpc) is 2.74. The lowest BCUT2D eigenvalue weighted by molar-refractivity contribution is -0.461. The molecule has 0 atom stereocenters. The van der Waals surface area contributed by atoms with Gasteiger partial charge in [0.15, 0.2) is 0 Å². The van der Waals surface area contributed by atoms with E-state index in [-0.39, 0.29) is 5.69 Å². The summed E-state index contributed by atoms with van der Waals surface area (Å²) in [7, 11) is 0. The van der Waals surface area contributed by atoms with Crippen LogP contribution in [0, 0.1) is 0 Å². The number of halogens is 4. The zero-order valence-corrected chi connectivity index (χ0v) is 17.1. The van der Waals surface area contributed by atoms with Crippen LogP contribution in [0.5, 0.6) is 11.5 Å². The summed E-state index contributed by atoms with van der Waals surface area (Å²) in [5.74, 6) is 0.0451.